The topological polar surface area (TPSA) is 18.5 Å². The molecule has 0 bridgehead atoms. The van der Waals surface area contributed by atoms with E-state index in [2.05, 4.69) is 16.1 Å². The second-order valence-electron chi connectivity index (χ2n) is 1.30. The second kappa shape index (κ2) is 3.57. The Morgan fingerprint density at radius 3 is 2.00 bits per heavy atom. The minimum atomic E-state index is -5.07. The zero-order valence-electron chi connectivity index (χ0n) is 4.99. The van der Waals surface area contributed by atoms with Crippen LogP contribution in [0.15, 0.2) is 12.8 Å². The Kier molecular flexibility index (Phi) is 3.55. The van der Waals surface area contributed by atoms with E-state index < -0.39 is 10.4 Å². The molecule has 0 aliphatic heterocycles. The second-order valence-corrected chi connectivity index (χ2v) is 2.58. The zero-order valence-corrected chi connectivity index (χ0v) is 7.15. The van der Waals surface area contributed by atoms with Crippen molar-refractivity contribution < 1.29 is 27.0 Å². The Morgan fingerprint density at radius 2 is 1.73 bits per heavy atom. The Labute approximate surface area is 73.3 Å². The number of hydrogen-bond acceptors (Lipinski definition) is 2. The first-order chi connectivity index (χ1) is 4.77. The molecule has 0 aromatic carbocycles. The van der Waals surface area contributed by atoms with Crippen LogP contribution in [0.1, 0.15) is 0 Å². The summed E-state index contributed by atoms with van der Waals surface area (Å²) in [5.74, 6) is 0. The molecule has 11 heavy (non-hydrogen) atoms. The summed E-state index contributed by atoms with van der Waals surface area (Å²) in [6, 6.07) is 0. The third kappa shape index (κ3) is 6.35. The maximum atomic E-state index is 12.3. The quantitative estimate of drug-likeness (QED) is 0.261. The van der Waals surface area contributed by atoms with E-state index in [4.69, 9.17) is 0 Å². The van der Waals surface area contributed by atoms with Gasteiger partial charge in [-0.3, -0.25) is 0 Å². The standard InChI is InChI=1S/C4H3F4IO2/c1-2-10-4(8,9)11-3(5,6)7/h2H,1H2. The van der Waals surface area contributed by atoms with Gasteiger partial charge in [0.15, 0.2) is 0 Å². The maximum absolute atomic E-state index is 12.3. The highest BCUT2D eigenvalue weighted by Gasteiger charge is 2.43. The van der Waals surface area contributed by atoms with Gasteiger partial charge in [-0.15, -0.1) is 13.2 Å². The average Bonchev–Trinajstić information content (AvgIpc) is 1.55. The predicted molar refractivity (Wildman–Crippen MR) is 36.3 cm³/mol. The Morgan fingerprint density at radius 1 is 1.27 bits per heavy atom. The first kappa shape index (κ1) is 11.0. The molecule has 1 atom stereocenters. The summed E-state index contributed by atoms with van der Waals surface area (Å²) in [6.45, 7) is 2.86. The van der Waals surface area contributed by atoms with Crippen molar-refractivity contribution in [2.75, 3.05) is 0 Å². The van der Waals surface area contributed by atoms with Gasteiger partial charge in [0.05, 0.1) is 6.26 Å². The van der Waals surface area contributed by atoms with E-state index in [1.54, 1.807) is 0 Å². The number of rotatable bonds is 3. The first-order valence-corrected chi connectivity index (χ1v) is 3.28. The Hall–Kier alpha value is -0.0500. The number of halogens is 5. The maximum Gasteiger partial charge on any atom is 0.528 e. The van der Waals surface area contributed by atoms with Crippen LogP contribution in [0, 0.1) is 0 Å². The van der Waals surface area contributed by atoms with Gasteiger partial charge in [-0.25, -0.2) is 4.74 Å². The van der Waals surface area contributed by atoms with Gasteiger partial charge in [-0.05, 0) is 0 Å². The van der Waals surface area contributed by atoms with Crippen LogP contribution in [0.2, 0.25) is 0 Å². The molecular formula is C4H3F4IO2. The molecule has 7 heteroatoms. The highest BCUT2D eigenvalue weighted by atomic mass is 127. The van der Waals surface area contributed by atoms with Gasteiger partial charge in [-0.2, -0.15) is 4.39 Å². The van der Waals surface area contributed by atoms with Gasteiger partial charge in [0.25, 0.3) is 0 Å². The van der Waals surface area contributed by atoms with Crippen LogP contribution in [0.4, 0.5) is 17.6 Å². The molecular weight excluding hydrogens is 283 g/mol. The van der Waals surface area contributed by atoms with Crippen LogP contribution in [0.3, 0.4) is 0 Å². The van der Waals surface area contributed by atoms with Crippen LogP contribution in [-0.4, -0.2) is 10.4 Å². The largest absolute Gasteiger partial charge is 0.528 e. The van der Waals surface area contributed by atoms with Crippen LogP contribution in [0.5, 0.6) is 0 Å². The van der Waals surface area contributed by atoms with Gasteiger partial charge < -0.3 is 4.74 Å². The van der Waals surface area contributed by atoms with E-state index in [1.165, 1.54) is 0 Å². The van der Waals surface area contributed by atoms with E-state index >= 15 is 0 Å². The molecule has 66 valence electrons. The van der Waals surface area contributed by atoms with Crippen LogP contribution >= 0.6 is 22.6 Å². The van der Waals surface area contributed by atoms with Gasteiger partial charge in [0.1, 0.15) is 0 Å². The van der Waals surface area contributed by atoms with E-state index in [0.29, 0.717) is 28.9 Å². The minimum Gasteiger partial charge on any atom is -0.437 e. The third-order valence-corrected chi connectivity index (χ3v) is 0.930. The summed E-state index contributed by atoms with van der Waals surface area (Å²) in [4.78, 5) is 0. The van der Waals surface area contributed by atoms with Crippen LogP contribution in [0.25, 0.3) is 0 Å². The summed E-state index contributed by atoms with van der Waals surface area (Å²) in [7, 11) is 0. The predicted octanol–water partition coefficient (Wildman–Crippen LogP) is 2.70. The zero-order chi connectivity index (χ0) is 9.12. The van der Waals surface area contributed by atoms with E-state index in [0.717, 1.165) is 0 Å². The third-order valence-electron chi connectivity index (χ3n) is 0.455. The van der Waals surface area contributed by atoms with Crippen molar-refractivity contribution in [3.63, 3.8) is 0 Å². The number of alkyl halides is 5. The van der Waals surface area contributed by atoms with Crippen molar-refractivity contribution in [1.82, 2.24) is 0 Å². The number of hydrogen-bond donors (Lipinski definition) is 0. The molecule has 2 nitrogen and oxygen atoms in total. The molecule has 0 aromatic heterocycles. The van der Waals surface area contributed by atoms with E-state index in [-0.39, 0.29) is 0 Å². The SMILES string of the molecule is C=COC(F)(I)OC(F)(F)F. The summed E-state index contributed by atoms with van der Waals surface area (Å²) >= 11 is 0.699. The Bertz CT molecular complexity index is 144. The Balaban J connectivity index is 4.00. The lowest BCUT2D eigenvalue weighted by Crippen LogP contribution is -2.29. The summed E-state index contributed by atoms with van der Waals surface area (Å²) in [5, 5.41) is 0. The molecule has 0 fully saturated rings. The van der Waals surface area contributed by atoms with Crippen molar-refractivity contribution in [3.05, 3.63) is 12.8 Å². The molecule has 0 saturated carbocycles. The highest BCUT2D eigenvalue weighted by Crippen LogP contribution is 2.32. The van der Waals surface area contributed by atoms with Crippen LogP contribution in [-0.2, 0) is 9.47 Å². The molecule has 0 N–H and O–H groups in total. The van der Waals surface area contributed by atoms with E-state index in [9.17, 15) is 17.6 Å². The van der Waals surface area contributed by atoms with Gasteiger partial charge in [0.2, 0.25) is 0 Å². The molecule has 0 aromatic rings. The van der Waals surface area contributed by atoms with Crippen molar-refractivity contribution >= 4 is 22.6 Å². The molecule has 1 unspecified atom stereocenters. The molecule has 0 aliphatic carbocycles. The fraction of sp³-hybridized carbons (Fsp3) is 0.500. The first-order valence-electron chi connectivity index (χ1n) is 2.20. The summed E-state index contributed by atoms with van der Waals surface area (Å²) in [6.07, 6.45) is -4.56. The normalized spacial score (nSPS) is 17.2. The summed E-state index contributed by atoms with van der Waals surface area (Å²) in [5.41, 5.74) is 0. The molecule has 0 amide bonds. The molecule has 0 saturated heterocycles. The smallest absolute Gasteiger partial charge is 0.437 e. The van der Waals surface area contributed by atoms with Crippen molar-refractivity contribution in [1.29, 1.82) is 0 Å². The lowest BCUT2D eigenvalue weighted by Gasteiger charge is -2.18. The van der Waals surface area contributed by atoms with Gasteiger partial charge in [0, 0.05) is 22.6 Å². The average molecular weight is 286 g/mol. The highest BCUT2D eigenvalue weighted by molar-refractivity contribution is 14.1. The van der Waals surface area contributed by atoms with Crippen LogP contribution < -0.4 is 0 Å². The van der Waals surface area contributed by atoms with E-state index in [1.807, 2.05) is 0 Å². The number of ether oxygens (including phenoxy) is 2. The van der Waals surface area contributed by atoms with Crippen molar-refractivity contribution in [3.8, 4) is 0 Å². The fourth-order valence-corrected chi connectivity index (χ4v) is 0.685. The van der Waals surface area contributed by atoms with Crippen molar-refractivity contribution in [2.24, 2.45) is 0 Å². The minimum absolute atomic E-state index is 0.512. The molecule has 0 aliphatic rings. The lowest BCUT2D eigenvalue weighted by molar-refractivity contribution is -0.404. The molecule has 0 heterocycles. The van der Waals surface area contributed by atoms with Gasteiger partial charge >= 0.3 is 10.4 Å². The molecule has 0 rings (SSSR count). The molecule has 0 radical (unpaired) electrons. The lowest BCUT2D eigenvalue weighted by atomic mass is 11.1. The molecule has 0 spiro atoms. The summed E-state index contributed by atoms with van der Waals surface area (Å²) < 4.78 is 49.6. The fourth-order valence-electron chi connectivity index (χ4n) is 0.256. The van der Waals surface area contributed by atoms with Gasteiger partial charge in [-0.1, -0.05) is 6.58 Å². The van der Waals surface area contributed by atoms with Crippen molar-refractivity contribution in [2.45, 2.75) is 10.4 Å². The monoisotopic (exact) mass is 286 g/mol.